The number of hydrogen-bond acceptors (Lipinski definition) is 2. The maximum Gasteiger partial charge on any atom is 0.426 e. The van der Waals surface area contributed by atoms with E-state index in [1.165, 1.54) is 6.07 Å². The summed E-state index contributed by atoms with van der Waals surface area (Å²) >= 11 is 0. The van der Waals surface area contributed by atoms with Gasteiger partial charge in [0.15, 0.2) is 0 Å². The third kappa shape index (κ3) is 3.77. The molecule has 1 heterocycles. The standard InChI is InChI=1S/C19H13F3O3/c20-19(21,22)17-15(18(23)24)11-14-10-13(8-9-16(14)25-17)7-6-12-4-2-1-3-5-12/h1-5,8-10,15,17H,11H2,(H,23,24). The van der Waals surface area contributed by atoms with Gasteiger partial charge in [-0.1, -0.05) is 30.0 Å². The second kappa shape index (κ2) is 6.52. The number of alkyl halides is 3. The summed E-state index contributed by atoms with van der Waals surface area (Å²) in [7, 11) is 0. The van der Waals surface area contributed by atoms with Crippen LogP contribution in [0.5, 0.6) is 5.75 Å². The van der Waals surface area contributed by atoms with Gasteiger partial charge in [0.05, 0.1) is 0 Å². The average molecular weight is 346 g/mol. The van der Waals surface area contributed by atoms with E-state index in [9.17, 15) is 18.0 Å². The monoisotopic (exact) mass is 346 g/mol. The Morgan fingerprint density at radius 1 is 1.08 bits per heavy atom. The van der Waals surface area contributed by atoms with E-state index in [4.69, 9.17) is 9.84 Å². The topological polar surface area (TPSA) is 46.5 Å². The minimum atomic E-state index is -4.74. The molecule has 0 aromatic heterocycles. The SMILES string of the molecule is O=C(O)C1Cc2cc(C#Cc3ccccc3)ccc2OC1C(F)(F)F. The van der Waals surface area contributed by atoms with Crippen LogP contribution >= 0.6 is 0 Å². The molecule has 1 aliphatic rings. The van der Waals surface area contributed by atoms with Crippen molar-refractivity contribution in [3.63, 3.8) is 0 Å². The van der Waals surface area contributed by atoms with Crippen molar-refractivity contribution in [2.24, 2.45) is 5.92 Å². The van der Waals surface area contributed by atoms with Crippen molar-refractivity contribution in [2.45, 2.75) is 18.7 Å². The third-order valence-corrected chi connectivity index (χ3v) is 3.88. The van der Waals surface area contributed by atoms with E-state index in [1.54, 1.807) is 12.1 Å². The zero-order chi connectivity index (χ0) is 18.0. The Bertz CT molecular complexity index is 848. The summed E-state index contributed by atoms with van der Waals surface area (Å²) in [6.45, 7) is 0. The van der Waals surface area contributed by atoms with Crippen molar-refractivity contribution in [1.29, 1.82) is 0 Å². The van der Waals surface area contributed by atoms with Gasteiger partial charge in [0.1, 0.15) is 11.7 Å². The molecule has 3 nitrogen and oxygen atoms in total. The van der Waals surface area contributed by atoms with Crippen molar-refractivity contribution >= 4 is 5.97 Å². The van der Waals surface area contributed by atoms with Gasteiger partial charge in [-0.15, -0.1) is 0 Å². The molecule has 3 rings (SSSR count). The molecule has 2 aromatic rings. The lowest BCUT2D eigenvalue weighted by molar-refractivity contribution is -0.217. The fraction of sp³-hybridized carbons (Fsp3) is 0.211. The maximum atomic E-state index is 13.0. The van der Waals surface area contributed by atoms with Crippen LogP contribution in [0.3, 0.4) is 0 Å². The number of halogens is 3. The van der Waals surface area contributed by atoms with E-state index in [0.717, 1.165) is 5.56 Å². The summed E-state index contributed by atoms with van der Waals surface area (Å²) < 4.78 is 44.0. The molecule has 0 saturated heterocycles. The summed E-state index contributed by atoms with van der Waals surface area (Å²) in [5.74, 6) is 2.71. The highest BCUT2D eigenvalue weighted by molar-refractivity contribution is 5.72. The van der Waals surface area contributed by atoms with Crippen LogP contribution in [0.1, 0.15) is 16.7 Å². The number of carbonyl (C=O) groups is 1. The van der Waals surface area contributed by atoms with Crippen molar-refractivity contribution in [3.8, 4) is 17.6 Å². The molecule has 2 atom stereocenters. The van der Waals surface area contributed by atoms with Gasteiger partial charge in [0.25, 0.3) is 0 Å². The molecule has 25 heavy (non-hydrogen) atoms. The average Bonchev–Trinajstić information content (AvgIpc) is 2.58. The lowest BCUT2D eigenvalue weighted by Crippen LogP contribution is -2.47. The second-order valence-electron chi connectivity index (χ2n) is 5.67. The van der Waals surface area contributed by atoms with E-state index >= 15 is 0 Å². The Morgan fingerprint density at radius 2 is 1.76 bits per heavy atom. The number of benzene rings is 2. The van der Waals surface area contributed by atoms with Crippen LogP contribution in [0.25, 0.3) is 0 Å². The molecule has 0 amide bonds. The fourth-order valence-corrected chi connectivity index (χ4v) is 2.67. The number of fused-ring (bicyclic) bond motifs is 1. The first kappa shape index (κ1) is 16.9. The van der Waals surface area contributed by atoms with E-state index in [0.29, 0.717) is 11.1 Å². The van der Waals surface area contributed by atoms with Crippen molar-refractivity contribution in [1.82, 2.24) is 0 Å². The van der Waals surface area contributed by atoms with Gasteiger partial charge in [-0.05, 0) is 42.3 Å². The van der Waals surface area contributed by atoms with Gasteiger partial charge in [0, 0.05) is 11.1 Å². The highest BCUT2D eigenvalue weighted by Gasteiger charge is 2.52. The van der Waals surface area contributed by atoms with E-state index in [1.807, 2.05) is 30.3 Å². The maximum absolute atomic E-state index is 13.0. The van der Waals surface area contributed by atoms with E-state index < -0.39 is 24.2 Å². The molecule has 1 aliphatic heterocycles. The molecular formula is C19H13F3O3. The zero-order valence-corrected chi connectivity index (χ0v) is 12.9. The Kier molecular flexibility index (Phi) is 4.41. The predicted octanol–water partition coefficient (Wildman–Crippen LogP) is 3.65. The number of ether oxygens (including phenoxy) is 1. The highest BCUT2D eigenvalue weighted by Crippen LogP contribution is 2.38. The lowest BCUT2D eigenvalue weighted by Gasteiger charge is -2.32. The number of carboxylic acid groups (broad SMARTS) is 1. The van der Waals surface area contributed by atoms with Gasteiger partial charge < -0.3 is 9.84 Å². The lowest BCUT2D eigenvalue weighted by atomic mass is 9.89. The predicted molar refractivity (Wildman–Crippen MR) is 84.2 cm³/mol. The molecule has 0 bridgehead atoms. The Labute approximate surface area is 142 Å². The van der Waals surface area contributed by atoms with Crippen LogP contribution in [-0.2, 0) is 11.2 Å². The molecular weight excluding hydrogens is 333 g/mol. The molecule has 128 valence electrons. The Hall–Kier alpha value is -2.94. The van der Waals surface area contributed by atoms with Crippen molar-refractivity contribution in [3.05, 3.63) is 65.2 Å². The van der Waals surface area contributed by atoms with Gasteiger partial charge in [-0.3, -0.25) is 4.79 Å². The van der Waals surface area contributed by atoms with Crippen molar-refractivity contribution < 1.29 is 27.8 Å². The number of carboxylic acids is 1. The van der Waals surface area contributed by atoms with Gasteiger partial charge in [-0.25, -0.2) is 0 Å². The first-order valence-electron chi connectivity index (χ1n) is 7.51. The molecule has 0 saturated carbocycles. The minimum absolute atomic E-state index is 0.0464. The number of hydrogen-bond donors (Lipinski definition) is 1. The molecule has 6 heteroatoms. The largest absolute Gasteiger partial charge is 0.481 e. The van der Waals surface area contributed by atoms with Crippen LogP contribution in [-0.4, -0.2) is 23.4 Å². The number of aliphatic carboxylic acids is 1. The molecule has 0 fully saturated rings. The van der Waals surface area contributed by atoms with Crippen LogP contribution in [0, 0.1) is 17.8 Å². The molecule has 2 unspecified atom stereocenters. The summed E-state index contributed by atoms with van der Waals surface area (Å²) in [5, 5.41) is 9.11. The molecule has 0 aliphatic carbocycles. The number of rotatable bonds is 1. The Morgan fingerprint density at radius 3 is 2.40 bits per heavy atom. The summed E-state index contributed by atoms with van der Waals surface area (Å²) in [4.78, 5) is 11.2. The first-order valence-corrected chi connectivity index (χ1v) is 7.51. The fourth-order valence-electron chi connectivity index (χ4n) is 2.67. The summed E-state index contributed by atoms with van der Waals surface area (Å²) in [6.07, 6.45) is -7.35. The van der Waals surface area contributed by atoms with Gasteiger partial charge in [0.2, 0.25) is 6.10 Å². The van der Waals surface area contributed by atoms with Crippen LogP contribution in [0.2, 0.25) is 0 Å². The molecule has 0 spiro atoms. The molecule has 1 N–H and O–H groups in total. The zero-order valence-electron chi connectivity index (χ0n) is 12.9. The van der Waals surface area contributed by atoms with Crippen LogP contribution in [0.15, 0.2) is 48.5 Å². The van der Waals surface area contributed by atoms with Gasteiger partial charge >= 0.3 is 12.1 Å². The summed E-state index contributed by atoms with van der Waals surface area (Å²) in [5.41, 5.74) is 1.80. The summed E-state index contributed by atoms with van der Waals surface area (Å²) in [6, 6.07) is 13.8. The molecule has 2 aromatic carbocycles. The molecule has 0 radical (unpaired) electrons. The van der Waals surface area contributed by atoms with E-state index in [-0.39, 0.29) is 12.2 Å². The quantitative estimate of drug-likeness (QED) is 0.802. The second-order valence-corrected chi connectivity index (χ2v) is 5.67. The van der Waals surface area contributed by atoms with Crippen LogP contribution < -0.4 is 4.74 Å². The first-order chi connectivity index (χ1) is 11.8. The third-order valence-electron chi connectivity index (χ3n) is 3.88. The normalized spacial score (nSPS) is 19.2. The van der Waals surface area contributed by atoms with Crippen LogP contribution in [0.4, 0.5) is 13.2 Å². The van der Waals surface area contributed by atoms with E-state index in [2.05, 4.69) is 11.8 Å². The smallest absolute Gasteiger partial charge is 0.426 e. The minimum Gasteiger partial charge on any atom is -0.481 e. The van der Waals surface area contributed by atoms with Gasteiger partial charge in [-0.2, -0.15) is 13.2 Å². The highest BCUT2D eigenvalue weighted by atomic mass is 19.4. The van der Waals surface area contributed by atoms with Crippen molar-refractivity contribution in [2.75, 3.05) is 0 Å². The Balaban J connectivity index is 1.90.